The smallest absolute Gasteiger partial charge is 0.318 e. The standard InChI is InChI=1S/C22H23FN2O3/c1-16(18-10-11-21(27-2)20(23)13-18)24-22(26)25(15-19-9-6-12-28-19)14-17-7-4-3-5-8-17/h3-13,16H,14-15H2,1-2H3,(H,24,26). The van der Waals surface area contributed by atoms with Gasteiger partial charge in [-0.05, 0) is 42.3 Å². The SMILES string of the molecule is COc1ccc(C(C)NC(=O)N(Cc2ccccc2)Cc2ccco2)cc1F. The summed E-state index contributed by atoms with van der Waals surface area (Å²) in [5.41, 5.74) is 1.66. The van der Waals surface area contributed by atoms with E-state index in [0.29, 0.717) is 24.4 Å². The lowest BCUT2D eigenvalue weighted by atomic mass is 10.1. The number of urea groups is 1. The molecule has 146 valence electrons. The summed E-state index contributed by atoms with van der Waals surface area (Å²) in [6.45, 7) is 2.57. The van der Waals surface area contributed by atoms with E-state index in [2.05, 4.69) is 5.32 Å². The molecule has 0 fully saturated rings. The highest BCUT2D eigenvalue weighted by Gasteiger charge is 2.19. The first-order chi connectivity index (χ1) is 13.6. The second-order valence-electron chi connectivity index (χ2n) is 6.49. The zero-order valence-electron chi connectivity index (χ0n) is 15.9. The number of rotatable bonds is 7. The quantitative estimate of drug-likeness (QED) is 0.632. The largest absolute Gasteiger partial charge is 0.494 e. The number of methoxy groups -OCH3 is 1. The second kappa shape index (κ2) is 9.08. The fourth-order valence-corrected chi connectivity index (χ4v) is 2.91. The van der Waals surface area contributed by atoms with Crippen LogP contribution in [0.25, 0.3) is 0 Å². The van der Waals surface area contributed by atoms with Gasteiger partial charge in [0.15, 0.2) is 11.6 Å². The molecule has 3 rings (SSSR count). The van der Waals surface area contributed by atoms with Crippen molar-refractivity contribution in [3.8, 4) is 5.75 Å². The van der Waals surface area contributed by atoms with Gasteiger partial charge in [-0.15, -0.1) is 0 Å². The van der Waals surface area contributed by atoms with E-state index in [9.17, 15) is 9.18 Å². The summed E-state index contributed by atoms with van der Waals surface area (Å²) >= 11 is 0. The van der Waals surface area contributed by atoms with Gasteiger partial charge in [0, 0.05) is 6.54 Å². The summed E-state index contributed by atoms with van der Waals surface area (Å²) in [4.78, 5) is 14.6. The van der Waals surface area contributed by atoms with Crippen molar-refractivity contribution in [3.63, 3.8) is 0 Å². The lowest BCUT2D eigenvalue weighted by Crippen LogP contribution is -2.40. The third-order valence-corrected chi connectivity index (χ3v) is 4.45. The third kappa shape index (κ3) is 4.91. The Balaban J connectivity index is 1.73. The van der Waals surface area contributed by atoms with Crippen LogP contribution >= 0.6 is 0 Å². The van der Waals surface area contributed by atoms with Crippen molar-refractivity contribution < 1.29 is 18.3 Å². The molecule has 1 atom stereocenters. The molecule has 28 heavy (non-hydrogen) atoms. The van der Waals surface area contributed by atoms with Gasteiger partial charge in [0.05, 0.1) is 26.0 Å². The molecular formula is C22H23FN2O3. The van der Waals surface area contributed by atoms with Crippen LogP contribution in [0, 0.1) is 5.82 Å². The molecule has 3 aromatic rings. The maximum atomic E-state index is 14.0. The van der Waals surface area contributed by atoms with Gasteiger partial charge >= 0.3 is 6.03 Å². The number of furan rings is 1. The van der Waals surface area contributed by atoms with Gasteiger partial charge in [-0.2, -0.15) is 0 Å². The lowest BCUT2D eigenvalue weighted by molar-refractivity contribution is 0.184. The molecule has 1 unspecified atom stereocenters. The molecule has 0 aliphatic rings. The van der Waals surface area contributed by atoms with Crippen LogP contribution in [0.15, 0.2) is 71.3 Å². The summed E-state index contributed by atoms with van der Waals surface area (Å²) in [6.07, 6.45) is 1.58. The van der Waals surface area contributed by atoms with Gasteiger partial charge in [-0.1, -0.05) is 36.4 Å². The van der Waals surface area contributed by atoms with Crippen LogP contribution in [0.3, 0.4) is 0 Å². The number of halogens is 1. The van der Waals surface area contributed by atoms with Crippen LogP contribution < -0.4 is 10.1 Å². The molecule has 6 heteroatoms. The Bertz CT molecular complexity index is 897. The molecule has 0 bridgehead atoms. The van der Waals surface area contributed by atoms with Crippen LogP contribution in [0.2, 0.25) is 0 Å². The molecule has 1 aromatic heterocycles. The molecule has 0 spiro atoms. The predicted molar refractivity (Wildman–Crippen MR) is 104 cm³/mol. The van der Waals surface area contributed by atoms with Crippen molar-refractivity contribution in [2.45, 2.75) is 26.1 Å². The maximum Gasteiger partial charge on any atom is 0.318 e. The number of hydrogen-bond acceptors (Lipinski definition) is 3. The minimum absolute atomic E-state index is 0.172. The number of benzene rings is 2. The van der Waals surface area contributed by atoms with E-state index in [1.165, 1.54) is 13.2 Å². The zero-order chi connectivity index (χ0) is 19.9. The number of amides is 2. The first kappa shape index (κ1) is 19.5. The van der Waals surface area contributed by atoms with E-state index >= 15 is 0 Å². The number of nitrogens with one attached hydrogen (secondary N) is 1. The van der Waals surface area contributed by atoms with Crippen molar-refractivity contribution in [3.05, 3.63) is 89.6 Å². The topological polar surface area (TPSA) is 54.7 Å². The molecule has 1 heterocycles. The van der Waals surface area contributed by atoms with Gasteiger partial charge < -0.3 is 19.4 Å². The van der Waals surface area contributed by atoms with Gasteiger partial charge in [-0.3, -0.25) is 0 Å². The summed E-state index contributed by atoms with van der Waals surface area (Å²) in [5.74, 6) is 0.401. The molecule has 1 N–H and O–H groups in total. The van der Waals surface area contributed by atoms with E-state index in [0.717, 1.165) is 5.56 Å². The fraction of sp³-hybridized carbons (Fsp3) is 0.227. The molecule has 0 radical (unpaired) electrons. The number of carbonyl (C=O) groups excluding carboxylic acids is 1. The minimum atomic E-state index is -0.460. The predicted octanol–water partition coefficient (Wildman–Crippen LogP) is 4.90. The van der Waals surface area contributed by atoms with Crippen LogP contribution in [-0.4, -0.2) is 18.0 Å². The van der Waals surface area contributed by atoms with E-state index in [4.69, 9.17) is 9.15 Å². The van der Waals surface area contributed by atoms with Gasteiger partial charge in [-0.25, -0.2) is 9.18 Å². The molecule has 0 saturated heterocycles. The number of carbonyl (C=O) groups is 1. The molecule has 5 nitrogen and oxygen atoms in total. The van der Waals surface area contributed by atoms with Crippen molar-refractivity contribution in [2.75, 3.05) is 7.11 Å². The highest BCUT2D eigenvalue weighted by atomic mass is 19.1. The Hall–Kier alpha value is -3.28. The lowest BCUT2D eigenvalue weighted by Gasteiger charge is -2.25. The van der Waals surface area contributed by atoms with Gasteiger partial charge in [0.2, 0.25) is 0 Å². The Labute approximate surface area is 163 Å². The van der Waals surface area contributed by atoms with Crippen LogP contribution in [0.1, 0.15) is 29.9 Å². The van der Waals surface area contributed by atoms with E-state index < -0.39 is 5.82 Å². The summed E-state index contributed by atoms with van der Waals surface area (Å²) < 4.78 is 24.3. The number of nitrogens with zero attached hydrogens (tertiary/aromatic N) is 1. The van der Waals surface area contributed by atoms with Crippen molar-refractivity contribution in [1.82, 2.24) is 10.2 Å². The van der Waals surface area contributed by atoms with Crippen molar-refractivity contribution in [2.24, 2.45) is 0 Å². The highest BCUT2D eigenvalue weighted by Crippen LogP contribution is 2.22. The molecule has 2 amide bonds. The normalized spacial score (nSPS) is 11.7. The van der Waals surface area contributed by atoms with Crippen LogP contribution in [-0.2, 0) is 13.1 Å². The van der Waals surface area contributed by atoms with Gasteiger partial charge in [0.25, 0.3) is 0 Å². The Morgan fingerprint density at radius 2 is 1.93 bits per heavy atom. The maximum absolute atomic E-state index is 14.0. The van der Waals surface area contributed by atoms with Gasteiger partial charge in [0.1, 0.15) is 5.76 Å². The molecule has 0 aliphatic carbocycles. The summed E-state index contributed by atoms with van der Waals surface area (Å²) in [7, 11) is 1.42. The van der Waals surface area contributed by atoms with E-state index in [1.807, 2.05) is 43.3 Å². The van der Waals surface area contributed by atoms with Crippen LogP contribution in [0.5, 0.6) is 5.75 Å². The van der Waals surface area contributed by atoms with Crippen LogP contribution in [0.4, 0.5) is 9.18 Å². The number of ether oxygens (including phenoxy) is 1. The minimum Gasteiger partial charge on any atom is -0.494 e. The Kier molecular flexibility index (Phi) is 6.32. The number of hydrogen-bond donors (Lipinski definition) is 1. The third-order valence-electron chi connectivity index (χ3n) is 4.45. The summed E-state index contributed by atoms with van der Waals surface area (Å²) in [6, 6.07) is 17.4. The highest BCUT2D eigenvalue weighted by molar-refractivity contribution is 5.74. The Morgan fingerprint density at radius 1 is 1.14 bits per heavy atom. The van der Waals surface area contributed by atoms with E-state index in [-0.39, 0.29) is 17.8 Å². The van der Waals surface area contributed by atoms with Crippen molar-refractivity contribution in [1.29, 1.82) is 0 Å². The summed E-state index contributed by atoms with van der Waals surface area (Å²) in [5, 5.41) is 2.93. The zero-order valence-corrected chi connectivity index (χ0v) is 15.9. The monoisotopic (exact) mass is 382 g/mol. The van der Waals surface area contributed by atoms with Crippen molar-refractivity contribution >= 4 is 6.03 Å². The average Bonchev–Trinajstić information content (AvgIpc) is 3.21. The second-order valence-corrected chi connectivity index (χ2v) is 6.49. The first-order valence-corrected chi connectivity index (χ1v) is 9.02. The Morgan fingerprint density at radius 3 is 2.57 bits per heavy atom. The average molecular weight is 382 g/mol. The molecule has 0 saturated carbocycles. The fourth-order valence-electron chi connectivity index (χ4n) is 2.91. The molecule has 0 aliphatic heterocycles. The van der Waals surface area contributed by atoms with E-state index in [1.54, 1.807) is 29.4 Å². The molecule has 2 aromatic carbocycles. The first-order valence-electron chi connectivity index (χ1n) is 9.02. The molecular weight excluding hydrogens is 359 g/mol.